The van der Waals surface area contributed by atoms with Crippen LogP contribution < -0.4 is 10.6 Å². The Morgan fingerprint density at radius 1 is 1.14 bits per heavy atom. The second kappa shape index (κ2) is 6.01. The van der Waals surface area contributed by atoms with Crippen molar-refractivity contribution in [3.63, 3.8) is 0 Å². The number of nitrogens with one attached hydrogen (secondary N) is 2. The van der Waals surface area contributed by atoms with Gasteiger partial charge in [-0.1, -0.05) is 6.07 Å². The maximum absolute atomic E-state index is 13.8. The van der Waals surface area contributed by atoms with Gasteiger partial charge in [0.2, 0.25) is 5.91 Å². The van der Waals surface area contributed by atoms with E-state index in [9.17, 15) is 13.6 Å². The van der Waals surface area contributed by atoms with E-state index in [0.29, 0.717) is 11.4 Å². The van der Waals surface area contributed by atoms with Crippen molar-refractivity contribution < 1.29 is 13.6 Å². The summed E-state index contributed by atoms with van der Waals surface area (Å²) in [4.78, 5) is 11.0. The first-order chi connectivity index (χ1) is 9.99. The summed E-state index contributed by atoms with van der Waals surface area (Å²) in [5.74, 6) is -1.98. The first-order valence-electron chi connectivity index (χ1n) is 6.03. The Kier molecular flexibility index (Phi) is 4.14. The number of hydrogen-bond acceptors (Lipinski definition) is 3. The molecule has 0 spiro atoms. The van der Waals surface area contributed by atoms with E-state index in [1.165, 1.54) is 6.92 Å². The van der Waals surface area contributed by atoms with Crippen LogP contribution in [0.25, 0.3) is 0 Å². The Labute approximate surface area is 120 Å². The summed E-state index contributed by atoms with van der Waals surface area (Å²) in [5, 5.41) is 13.8. The van der Waals surface area contributed by atoms with Crippen LogP contribution in [0.5, 0.6) is 0 Å². The van der Waals surface area contributed by atoms with E-state index in [2.05, 4.69) is 10.6 Å². The highest BCUT2D eigenvalue weighted by Crippen LogP contribution is 2.26. The van der Waals surface area contributed by atoms with E-state index < -0.39 is 11.6 Å². The summed E-state index contributed by atoms with van der Waals surface area (Å²) in [5.41, 5.74) is 0.460. The number of nitrogens with zero attached hydrogens (tertiary/aromatic N) is 1. The van der Waals surface area contributed by atoms with E-state index in [4.69, 9.17) is 5.26 Å². The highest BCUT2D eigenvalue weighted by atomic mass is 19.1. The van der Waals surface area contributed by atoms with Gasteiger partial charge in [-0.05, 0) is 30.3 Å². The standard InChI is InChI=1S/C15H11F2N3O/c1-9(21)19-11-3-2-4-12(7-11)20-15-13(16)5-10(8-18)6-14(15)17/h2-7,20H,1H3,(H,19,21). The van der Waals surface area contributed by atoms with Crippen molar-refractivity contribution in [2.75, 3.05) is 10.6 Å². The van der Waals surface area contributed by atoms with E-state index in [0.717, 1.165) is 12.1 Å². The fourth-order valence-corrected chi connectivity index (χ4v) is 1.78. The van der Waals surface area contributed by atoms with Crippen LogP contribution in [0.3, 0.4) is 0 Å². The van der Waals surface area contributed by atoms with Gasteiger partial charge >= 0.3 is 0 Å². The molecule has 0 saturated carbocycles. The SMILES string of the molecule is CC(=O)Nc1cccc(Nc2c(F)cc(C#N)cc2F)c1. The number of benzene rings is 2. The molecule has 0 aliphatic rings. The van der Waals surface area contributed by atoms with E-state index in [-0.39, 0.29) is 17.2 Å². The minimum Gasteiger partial charge on any atom is -0.351 e. The molecule has 2 N–H and O–H groups in total. The van der Waals surface area contributed by atoms with Gasteiger partial charge in [-0.2, -0.15) is 5.26 Å². The monoisotopic (exact) mass is 287 g/mol. The van der Waals surface area contributed by atoms with Crippen LogP contribution in [0.15, 0.2) is 36.4 Å². The molecule has 2 aromatic carbocycles. The Morgan fingerprint density at radius 3 is 2.33 bits per heavy atom. The van der Waals surface area contributed by atoms with Crippen molar-refractivity contribution >= 4 is 23.0 Å². The average molecular weight is 287 g/mol. The molecule has 2 aromatic rings. The summed E-state index contributed by atoms with van der Waals surface area (Å²) in [7, 11) is 0. The molecule has 4 nitrogen and oxygen atoms in total. The van der Waals surface area contributed by atoms with Crippen LogP contribution in [0, 0.1) is 23.0 Å². The molecule has 6 heteroatoms. The lowest BCUT2D eigenvalue weighted by Crippen LogP contribution is -2.06. The zero-order valence-electron chi connectivity index (χ0n) is 11.1. The molecular weight excluding hydrogens is 276 g/mol. The van der Waals surface area contributed by atoms with Crippen LogP contribution in [0.4, 0.5) is 25.8 Å². The van der Waals surface area contributed by atoms with Crippen LogP contribution in [-0.2, 0) is 4.79 Å². The highest BCUT2D eigenvalue weighted by molar-refractivity contribution is 5.89. The molecule has 0 aromatic heterocycles. The molecule has 0 aliphatic heterocycles. The lowest BCUT2D eigenvalue weighted by Gasteiger charge is -2.10. The maximum atomic E-state index is 13.8. The quantitative estimate of drug-likeness (QED) is 0.907. The molecule has 0 atom stereocenters. The fraction of sp³-hybridized carbons (Fsp3) is 0.0667. The topological polar surface area (TPSA) is 64.9 Å². The summed E-state index contributed by atoms with van der Waals surface area (Å²) in [6.45, 7) is 1.36. The third-order valence-electron chi connectivity index (χ3n) is 2.62. The first kappa shape index (κ1) is 14.5. The van der Waals surface area contributed by atoms with Crippen LogP contribution in [-0.4, -0.2) is 5.91 Å². The maximum Gasteiger partial charge on any atom is 0.221 e. The van der Waals surface area contributed by atoms with Gasteiger partial charge < -0.3 is 10.6 Å². The molecule has 0 heterocycles. The van der Waals surface area contributed by atoms with Crippen molar-refractivity contribution in [3.05, 3.63) is 53.6 Å². The van der Waals surface area contributed by atoms with Crippen molar-refractivity contribution in [2.24, 2.45) is 0 Å². The average Bonchev–Trinajstić information content (AvgIpc) is 2.42. The van der Waals surface area contributed by atoms with Gasteiger partial charge in [0, 0.05) is 18.3 Å². The van der Waals surface area contributed by atoms with Gasteiger partial charge in [0.25, 0.3) is 0 Å². The fourth-order valence-electron chi connectivity index (χ4n) is 1.78. The summed E-state index contributed by atoms with van der Waals surface area (Å²) >= 11 is 0. The Hall–Kier alpha value is -2.94. The van der Waals surface area contributed by atoms with Gasteiger partial charge in [-0.3, -0.25) is 4.79 Å². The third kappa shape index (κ3) is 3.54. The predicted molar refractivity (Wildman–Crippen MR) is 75.1 cm³/mol. The van der Waals surface area contributed by atoms with Crippen molar-refractivity contribution in [1.82, 2.24) is 0 Å². The number of rotatable bonds is 3. The van der Waals surface area contributed by atoms with Gasteiger partial charge in [-0.25, -0.2) is 8.78 Å². The van der Waals surface area contributed by atoms with E-state index >= 15 is 0 Å². The number of halogens is 2. The second-order valence-corrected chi connectivity index (χ2v) is 4.31. The summed E-state index contributed by atoms with van der Waals surface area (Å²) < 4.78 is 27.5. The molecule has 21 heavy (non-hydrogen) atoms. The molecule has 1 amide bonds. The van der Waals surface area contributed by atoms with Gasteiger partial charge in [0.05, 0.1) is 11.6 Å². The lowest BCUT2D eigenvalue weighted by molar-refractivity contribution is -0.114. The summed E-state index contributed by atoms with van der Waals surface area (Å²) in [6.07, 6.45) is 0. The first-order valence-corrected chi connectivity index (χ1v) is 6.03. The smallest absolute Gasteiger partial charge is 0.221 e. The minimum absolute atomic E-state index is 0.0949. The predicted octanol–water partition coefficient (Wildman–Crippen LogP) is 3.54. The van der Waals surface area contributed by atoms with Gasteiger partial charge in [0.15, 0.2) is 11.6 Å². The number of amides is 1. The van der Waals surface area contributed by atoms with Crippen molar-refractivity contribution in [1.29, 1.82) is 5.26 Å². The zero-order chi connectivity index (χ0) is 15.4. The summed E-state index contributed by atoms with van der Waals surface area (Å²) in [6, 6.07) is 9.99. The number of carbonyl (C=O) groups is 1. The van der Waals surface area contributed by atoms with E-state index in [1.54, 1.807) is 30.3 Å². The minimum atomic E-state index is -0.864. The molecule has 0 unspecified atom stereocenters. The Bertz CT molecular complexity index is 715. The highest BCUT2D eigenvalue weighted by Gasteiger charge is 2.11. The molecule has 0 fully saturated rings. The third-order valence-corrected chi connectivity index (χ3v) is 2.62. The molecule has 0 aliphatic carbocycles. The lowest BCUT2D eigenvalue weighted by atomic mass is 10.2. The molecule has 106 valence electrons. The van der Waals surface area contributed by atoms with Gasteiger partial charge in [0.1, 0.15) is 5.69 Å². The second-order valence-electron chi connectivity index (χ2n) is 4.31. The van der Waals surface area contributed by atoms with Crippen molar-refractivity contribution in [2.45, 2.75) is 6.92 Å². The number of anilines is 3. The zero-order valence-corrected chi connectivity index (χ0v) is 11.1. The van der Waals surface area contributed by atoms with Crippen LogP contribution in [0.1, 0.15) is 12.5 Å². The Morgan fingerprint density at radius 2 is 1.76 bits per heavy atom. The molecule has 2 rings (SSSR count). The number of carbonyl (C=O) groups excluding carboxylic acids is 1. The molecular formula is C15H11F2N3O. The van der Waals surface area contributed by atoms with E-state index in [1.807, 2.05) is 0 Å². The van der Waals surface area contributed by atoms with Crippen LogP contribution >= 0.6 is 0 Å². The van der Waals surface area contributed by atoms with Crippen LogP contribution in [0.2, 0.25) is 0 Å². The van der Waals surface area contributed by atoms with Crippen molar-refractivity contribution in [3.8, 4) is 6.07 Å². The van der Waals surface area contributed by atoms with Gasteiger partial charge in [-0.15, -0.1) is 0 Å². The Balaban J connectivity index is 2.30. The number of hydrogen-bond donors (Lipinski definition) is 2. The number of nitriles is 1. The molecule has 0 saturated heterocycles. The molecule has 0 bridgehead atoms. The normalized spacial score (nSPS) is 9.81. The molecule has 0 radical (unpaired) electrons. The largest absolute Gasteiger partial charge is 0.351 e.